The number of rotatable bonds is 11. The third kappa shape index (κ3) is 7.32. The lowest BCUT2D eigenvalue weighted by Gasteiger charge is -2.25. The van der Waals surface area contributed by atoms with E-state index in [9.17, 15) is 14.7 Å². The molecule has 186 valence electrons. The van der Waals surface area contributed by atoms with Crippen molar-refractivity contribution in [2.24, 2.45) is 0 Å². The monoisotopic (exact) mass is 468 g/mol. The summed E-state index contributed by atoms with van der Waals surface area (Å²) in [5, 5.41) is 15.2. The van der Waals surface area contributed by atoms with Crippen molar-refractivity contribution in [3.63, 3.8) is 0 Å². The van der Waals surface area contributed by atoms with E-state index in [1.807, 2.05) is 24.3 Å². The number of hydrogen-bond donors (Lipinski definition) is 3. The van der Waals surface area contributed by atoms with Crippen LogP contribution in [0.3, 0.4) is 0 Å². The number of ether oxygens (including phenoxy) is 1. The topological polar surface area (TPSA) is 87.7 Å². The van der Waals surface area contributed by atoms with E-state index in [-0.39, 0.29) is 29.8 Å². The van der Waals surface area contributed by atoms with Crippen molar-refractivity contribution < 1.29 is 19.4 Å². The highest BCUT2D eigenvalue weighted by Crippen LogP contribution is 2.35. The number of hydrogen-bond acceptors (Lipinski definition) is 4. The molecule has 0 saturated carbocycles. The van der Waals surface area contributed by atoms with E-state index in [2.05, 4.69) is 38.3 Å². The fourth-order valence-electron chi connectivity index (χ4n) is 4.21. The Bertz CT molecular complexity index is 979. The molecule has 0 saturated heterocycles. The highest BCUT2D eigenvalue weighted by atomic mass is 16.5. The predicted molar refractivity (Wildman–Crippen MR) is 138 cm³/mol. The van der Waals surface area contributed by atoms with Crippen LogP contribution in [0.5, 0.6) is 5.75 Å². The van der Waals surface area contributed by atoms with Crippen molar-refractivity contribution in [1.29, 1.82) is 0 Å². The molecule has 0 aliphatic heterocycles. The second-order valence-corrected chi connectivity index (χ2v) is 9.77. The number of methoxy groups -OCH3 is 1. The summed E-state index contributed by atoms with van der Waals surface area (Å²) in [4.78, 5) is 25.5. The Hall–Kier alpha value is -2.86. The van der Waals surface area contributed by atoms with Crippen LogP contribution in [-0.2, 0) is 16.8 Å². The first-order valence-electron chi connectivity index (χ1n) is 12.1. The van der Waals surface area contributed by atoms with Crippen LogP contribution in [0.1, 0.15) is 92.8 Å². The molecule has 2 aromatic rings. The highest BCUT2D eigenvalue weighted by molar-refractivity contribution is 5.98. The van der Waals surface area contributed by atoms with Crippen molar-refractivity contribution in [2.75, 3.05) is 19.5 Å². The fourth-order valence-corrected chi connectivity index (χ4v) is 4.21. The van der Waals surface area contributed by atoms with E-state index in [1.54, 1.807) is 26.3 Å². The van der Waals surface area contributed by atoms with Crippen molar-refractivity contribution in [3.8, 4) is 5.75 Å². The van der Waals surface area contributed by atoms with Crippen molar-refractivity contribution in [2.45, 2.75) is 77.7 Å². The molecule has 2 amide bonds. The minimum atomic E-state index is -0.201. The number of unbranched alkanes of at least 4 members (excludes halogenated alkanes) is 2. The molecule has 1 unspecified atom stereocenters. The van der Waals surface area contributed by atoms with Gasteiger partial charge in [0.15, 0.2) is 0 Å². The summed E-state index contributed by atoms with van der Waals surface area (Å²) in [6.07, 6.45) is 4.36. The normalized spacial score (nSPS) is 12.2. The number of aliphatic hydroxyl groups excluding tert-OH is 1. The van der Waals surface area contributed by atoms with E-state index in [4.69, 9.17) is 4.74 Å². The third-order valence-corrected chi connectivity index (χ3v) is 6.10. The minimum Gasteiger partial charge on any atom is -0.496 e. The SMILES string of the molecule is CCCCCC(CC(=O)Nc1cc(C(=O)NC)ccc1C(C)(C)C)c1ccc(CO)cc1OC. The van der Waals surface area contributed by atoms with Gasteiger partial charge in [-0.25, -0.2) is 0 Å². The van der Waals surface area contributed by atoms with Gasteiger partial charge in [0.25, 0.3) is 5.91 Å². The quantitative estimate of drug-likeness (QED) is 0.378. The van der Waals surface area contributed by atoms with Crippen LogP contribution in [0, 0.1) is 0 Å². The van der Waals surface area contributed by atoms with Crippen LogP contribution < -0.4 is 15.4 Å². The number of nitrogens with one attached hydrogen (secondary N) is 2. The molecule has 1 atom stereocenters. The summed E-state index contributed by atoms with van der Waals surface area (Å²) in [5.41, 5.74) is 3.69. The van der Waals surface area contributed by atoms with E-state index >= 15 is 0 Å². The lowest BCUT2D eigenvalue weighted by Crippen LogP contribution is -2.23. The number of amides is 2. The Morgan fingerprint density at radius 2 is 1.82 bits per heavy atom. The van der Waals surface area contributed by atoms with E-state index in [1.165, 1.54) is 0 Å². The molecule has 2 aromatic carbocycles. The summed E-state index contributed by atoms with van der Waals surface area (Å²) in [6.45, 7) is 8.34. The van der Waals surface area contributed by atoms with Crippen LogP contribution in [0.4, 0.5) is 5.69 Å². The molecule has 0 spiro atoms. The maximum absolute atomic E-state index is 13.3. The van der Waals surface area contributed by atoms with Gasteiger partial charge in [-0.05, 0) is 52.6 Å². The second-order valence-electron chi connectivity index (χ2n) is 9.77. The number of carbonyl (C=O) groups excluding carboxylic acids is 2. The lowest BCUT2D eigenvalue weighted by atomic mass is 9.84. The molecule has 0 radical (unpaired) electrons. The molecule has 0 bridgehead atoms. The molecule has 0 aliphatic carbocycles. The summed E-state index contributed by atoms with van der Waals surface area (Å²) in [6, 6.07) is 11.1. The van der Waals surface area contributed by atoms with Gasteiger partial charge in [0.05, 0.1) is 13.7 Å². The Morgan fingerprint density at radius 1 is 1.09 bits per heavy atom. The highest BCUT2D eigenvalue weighted by Gasteiger charge is 2.24. The molecule has 3 N–H and O–H groups in total. The van der Waals surface area contributed by atoms with Crippen molar-refractivity contribution >= 4 is 17.5 Å². The zero-order valence-corrected chi connectivity index (χ0v) is 21.5. The largest absolute Gasteiger partial charge is 0.496 e. The first-order valence-corrected chi connectivity index (χ1v) is 12.1. The molecule has 6 nitrogen and oxygen atoms in total. The zero-order valence-electron chi connectivity index (χ0n) is 21.5. The first-order chi connectivity index (χ1) is 16.1. The first kappa shape index (κ1) is 27.4. The van der Waals surface area contributed by atoms with Gasteiger partial charge in [0, 0.05) is 24.7 Å². The summed E-state index contributed by atoms with van der Waals surface area (Å²) in [7, 11) is 3.21. The Kier molecular flexibility index (Phi) is 10.1. The van der Waals surface area contributed by atoms with Gasteiger partial charge in [0.2, 0.25) is 5.91 Å². The van der Waals surface area contributed by atoms with Gasteiger partial charge in [-0.2, -0.15) is 0 Å². The van der Waals surface area contributed by atoms with Gasteiger partial charge in [0.1, 0.15) is 5.75 Å². The van der Waals surface area contributed by atoms with Gasteiger partial charge in [-0.3, -0.25) is 9.59 Å². The summed E-state index contributed by atoms with van der Waals surface area (Å²) < 4.78 is 5.61. The van der Waals surface area contributed by atoms with Crippen LogP contribution in [0.2, 0.25) is 0 Å². The second kappa shape index (κ2) is 12.6. The average molecular weight is 469 g/mol. The van der Waals surface area contributed by atoms with Crippen molar-refractivity contribution in [1.82, 2.24) is 5.32 Å². The number of anilines is 1. The molecule has 0 aliphatic rings. The Balaban J connectivity index is 2.35. The van der Waals surface area contributed by atoms with Gasteiger partial charge in [-0.1, -0.05) is 65.2 Å². The molecule has 2 rings (SSSR count). The lowest BCUT2D eigenvalue weighted by molar-refractivity contribution is -0.116. The van der Waals surface area contributed by atoms with Crippen LogP contribution in [0.25, 0.3) is 0 Å². The summed E-state index contributed by atoms with van der Waals surface area (Å²) >= 11 is 0. The standard InChI is InChI=1S/C28H40N2O4/c1-7-8-9-10-20(22-13-11-19(18-31)15-25(22)34-6)17-26(32)30-24-16-21(27(33)29-5)12-14-23(24)28(2,3)4/h11-16,20,31H,7-10,17-18H2,1-6H3,(H,29,33)(H,30,32). The smallest absolute Gasteiger partial charge is 0.251 e. The van der Waals surface area contributed by atoms with Gasteiger partial charge < -0.3 is 20.5 Å². The Labute approximate surface area is 204 Å². The average Bonchev–Trinajstić information content (AvgIpc) is 2.81. The molecular formula is C28H40N2O4. The van der Waals surface area contributed by atoms with Gasteiger partial charge >= 0.3 is 0 Å². The predicted octanol–water partition coefficient (Wildman–Crippen LogP) is 5.54. The van der Waals surface area contributed by atoms with Crippen molar-refractivity contribution in [3.05, 3.63) is 58.7 Å². The van der Waals surface area contributed by atoms with Crippen LogP contribution in [0.15, 0.2) is 36.4 Å². The molecule has 6 heteroatoms. The van der Waals surface area contributed by atoms with Crippen LogP contribution >= 0.6 is 0 Å². The maximum atomic E-state index is 13.3. The minimum absolute atomic E-state index is 0.0190. The molecule has 0 heterocycles. The molecule has 0 aromatic heterocycles. The number of aliphatic hydroxyl groups is 1. The van der Waals surface area contributed by atoms with Gasteiger partial charge in [-0.15, -0.1) is 0 Å². The number of carbonyl (C=O) groups is 2. The zero-order chi connectivity index (χ0) is 25.3. The fraction of sp³-hybridized carbons (Fsp3) is 0.500. The Morgan fingerprint density at radius 3 is 2.41 bits per heavy atom. The molecule has 0 fully saturated rings. The molecule has 34 heavy (non-hydrogen) atoms. The van der Waals surface area contributed by atoms with Crippen LogP contribution in [-0.4, -0.2) is 31.1 Å². The van der Waals surface area contributed by atoms with E-state index < -0.39 is 0 Å². The van der Waals surface area contributed by atoms with E-state index in [0.717, 1.165) is 42.4 Å². The number of benzene rings is 2. The molecular weight excluding hydrogens is 428 g/mol. The summed E-state index contributed by atoms with van der Waals surface area (Å²) in [5.74, 6) is 0.378. The van der Waals surface area contributed by atoms with E-state index in [0.29, 0.717) is 23.4 Å². The third-order valence-electron chi connectivity index (χ3n) is 6.10. The maximum Gasteiger partial charge on any atom is 0.251 e.